The Morgan fingerprint density at radius 1 is 1.31 bits per heavy atom. The van der Waals surface area contributed by atoms with Crippen molar-refractivity contribution in [3.63, 3.8) is 0 Å². The molecule has 1 amide bonds. The van der Waals surface area contributed by atoms with Gasteiger partial charge in [0.25, 0.3) is 5.91 Å². The molecule has 0 saturated carbocycles. The number of nitrogens with one attached hydrogen (secondary N) is 1. The van der Waals surface area contributed by atoms with E-state index in [9.17, 15) is 4.79 Å². The Kier molecular flexibility index (Phi) is 5.29. The largest absolute Gasteiger partial charge is 0.494 e. The number of anilines is 1. The van der Waals surface area contributed by atoms with Gasteiger partial charge in [-0.15, -0.1) is 0 Å². The van der Waals surface area contributed by atoms with Gasteiger partial charge in [0, 0.05) is 0 Å². The highest BCUT2D eigenvalue weighted by Gasteiger charge is 2.16. The molecule has 0 radical (unpaired) electrons. The van der Waals surface area contributed by atoms with Gasteiger partial charge in [0.2, 0.25) is 0 Å². The fourth-order valence-corrected chi connectivity index (χ4v) is 3.96. The van der Waals surface area contributed by atoms with Crippen molar-refractivity contribution in [2.75, 3.05) is 11.9 Å². The molecule has 4 aromatic rings. The smallest absolute Gasteiger partial charge is 0.293 e. The van der Waals surface area contributed by atoms with Gasteiger partial charge in [0.15, 0.2) is 10.9 Å². The average molecular weight is 431 g/mol. The summed E-state index contributed by atoms with van der Waals surface area (Å²) in [6.45, 7) is 6.67. The minimum atomic E-state index is -0.355. The normalized spacial score (nSPS) is 11.2. The molecule has 1 aromatic carbocycles. The third-order valence-electron chi connectivity index (χ3n) is 4.38. The molecule has 0 aliphatic rings. The lowest BCUT2D eigenvalue weighted by Gasteiger charge is -2.02. The number of aryl methyl sites for hydroxylation is 1. The standard InChI is InChI=1S/C20H19ClN4O3S/c1-4-27-13-5-7-15-17(9-13)29-20(22-15)23-19(26)16-8-6-14(28-16)10-25-12(3)18(21)11(2)24-25/h5-9H,4,10H2,1-3H3,(H,22,23,26). The van der Waals surface area contributed by atoms with Gasteiger partial charge >= 0.3 is 0 Å². The Morgan fingerprint density at radius 3 is 2.86 bits per heavy atom. The molecule has 3 heterocycles. The van der Waals surface area contributed by atoms with Gasteiger partial charge in [-0.3, -0.25) is 14.8 Å². The topological polar surface area (TPSA) is 82.2 Å². The van der Waals surface area contributed by atoms with E-state index >= 15 is 0 Å². The van der Waals surface area contributed by atoms with Crippen LogP contribution in [0.5, 0.6) is 5.75 Å². The van der Waals surface area contributed by atoms with Crippen molar-refractivity contribution in [2.24, 2.45) is 0 Å². The van der Waals surface area contributed by atoms with Crippen molar-refractivity contribution in [3.8, 4) is 5.75 Å². The number of carbonyl (C=O) groups is 1. The summed E-state index contributed by atoms with van der Waals surface area (Å²) >= 11 is 7.56. The van der Waals surface area contributed by atoms with Crippen LogP contribution in [0, 0.1) is 13.8 Å². The van der Waals surface area contributed by atoms with E-state index in [-0.39, 0.29) is 11.7 Å². The van der Waals surface area contributed by atoms with Crippen molar-refractivity contribution in [1.29, 1.82) is 0 Å². The maximum absolute atomic E-state index is 12.5. The van der Waals surface area contributed by atoms with E-state index in [1.54, 1.807) is 16.8 Å². The van der Waals surface area contributed by atoms with Crippen molar-refractivity contribution in [1.82, 2.24) is 14.8 Å². The van der Waals surface area contributed by atoms with Gasteiger partial charge in [0.1, 0.15) is 11.5 Å². The number of benzene rings is 1. The summed E-state index contributed by atoms with van der Waals surface area (Å²) in [5.74, 6) is 1.25. The summed E-state index contributed by atoms with van der Waals surface area (Å²) in [6.07, 6.45) is 0. The number of halogens is 1. The van der Waals surface area contributed by atoms with Crippen molar-refractivity contribution < 1.29 is 13.9 Å². The van der Waals surface area contributed by atoms with Crippen LogP contribution in [0.2, 0.25) is 5.02 Å². The maximum atomic E-state index is 12.5. The SMILES string of the molecule is CCOc1ccc2nc(NC(=O)c3ccc(Cn4nc(C)c(Cl)c4C)o3)sc2c1. The summed E-state index contributed by atoms with van der Waals surface area (Å²) in [5, 5.41) is 8.31. The van der Waals surface area contributed by atoms with Crippen LogP contribution in [-0.2, 0) is 6.54 Å². The highest BCUT2D eigenvalue weighted by Crippen LogP contribution is 2.29. The molecule has 0 saturated heterocycles. The predicted molar refractivity (Wildman–Crippen MR) is 113 cm³/mol. The van der Waals surface area contributed by atoms with Crippen LogP contribution >= 0.6 is 22.9 Å². The molecule has 4 rings (SSSR count). The Hall–Kier alpha value is -2.84. The summed E-state index contributed by atoms with van der Waals surface area (Å²) in [7, 11) is 0. The molecule has 150 valence electrons. The molecule has 1 N–H and O–H groups in total. The summed E-state index contributed by atoms with van der Waals surface area (Å²) < 4.78 is 13.9. The molecule has 0 aliphatic heterocycles. The Bertz CT molecular complexity index is 1190. The summed E-state index contributed by atoms with van der Waals surface area (Å²) in [4.78, 5) is 17.0. The fraction of sp³-hybridized carbons (Fsp3) is 0.250. The first-order valence-corrected chi connectivity index (χ1v) is 10.3. The molecule has 9 heteroatoms. The highest BCUT2D eigenvalue weighted by atomic mass is 35.5. The Balaban J connectivity index is 1.47. The van der Waals surface area contributed by atoms with E-state index in [0.29, 0.717) is 29.1 Å². The van der Waals surface area contributed by atoms with E-state index in [0.717, 1.165) is 27.4 Å². The predicted octanol–water partition coefficient (Wildman–Crippen LogP) is 5.06. The van der Waals surface area contributed by atoms with E-state index in [1.165, 1.54) is 11.3 Å². The molecule has 0 bridgehead atoms. The molecule has 0 spiro atoms. The van der Waals surface area contributed by atoms with Gasteiger partial charge < -0.3 is 9.15 Å². The number of hydrogen-bond acceptors (Lipinski definition) is 6. The number of carbonyl (C=O) groups excluding carboxylic acids is 1. The number of ether oxygens (including phenoxy) is 1. The van der Waals surface area contributed by atoms with E-state index in [4.69, 9.17) is 20.8 Å². The van der Waals surface area contributed by atoms with Gasteiger partial charge in [-0.1, -0.05) is 22.9 Å². The van der Waals surface area contributed by atoms with Crippen LogP contribution in [0.3, 0.4) is 0 Å². The maximum Gasteiger partial charge on any atom is 0.293 e. The second-order valence-corrected chi connectivity index (χ2v) is 7.85. The fourth-order valence-electron chi connectivity index (χ4n) is 2.94. The van der Waals surface area contributed by atoms with E-state index < -0.39 is 0 Å². The third kappa shape index (κ3) is 3.99. The van der Waals surface area contributed by atoms with Crippen LogP contribution in [0.25, 0.3) is 10.2 Å². The first-order chi connectivity index (χ1) is 13.9. The molecule has 0 aliphatic carbocycles. The first-order valence-electron chi connectivity index (χ1n) is 9.07. The number of thiazole rings is 1. The Labute approximate surface area is 176 Å². The molecule has 0 unspecified atom stereocenters. The second kappa shape index (κ2) is 7.88. The molecule has 29 heavy (non-hydrogen) atoms. The Morgan fingerprint density at radius 2 is 2.14 bits per heavy atom. The number of rotatable bonds is 6. The lowest BCUT2D eigenvalue weighted by Crippen LogP contribution is -2.10. The zero-order chi connectivity index (χ0) is 20.5. The highest BCUT2D eigenvalue weighted by molar-refractivity contribution is 7.22. The van der Waals surface area contributed by atoms with Gasteiger partial charge in [-0.2, -0.15) is 5.10 Å². The van der Waals surface area contributed by atoms with Crippen molar-refractivity contribution >= 4 is 44.2 Å². The van der Waals surface area contributed by atoms with Crippen LogP contribution < -0.4 is 10.1 Å². The van der Waals surface area contributed by atoms with Gasteiger partial charge in [-0.05, 0) is 51.1 Å². The summed E-state index contributed by atoms with van der Waals surface area (Å²) in [6, 6.07) is 9.04. The lowest BCUT2D eigenvalue weighted by molar-refractivity contribution is 0.0994. The van der Waals surface area contributed by atoms with Gasteiger partial charge in [0.05, 0.1) is 39.8 Å². The van der Waals surface area contributed by atoms with Crippen molar-refractivity contribution in [2.45, 2.75) is 27.3 Å². The van der Waals surface area contributed by atoms with Crippen LogP contribution in [0.15, 0.2) is 34.7 Å². The molecular formula is C20H19ClN4O3S. The zero-order valence-corrected chi connectivity index (χ0v) is 17.7. The summed E-state index contributed by atoms with van der Waals surface area (Å²) in [5.41, 5.74) is 2.42. The van der Waals surface area contributed by atoms with Crippen molar-refractivity contribution in [3.05, 3.63) is 58.3 Å². The molecule has 0 atom stereocenters. The monoisotopic (exact) mass is 430 g/mol. The quantitative estimate of drug-likeness (QED) is 0.462. The van der Waals surface area contributed by atoms with Gasteiger partial charge in [-0.25, -0.2) is 4.98 Å². The number of amides is 1. The zero-order valence-electron chi connectivity index (χ0n) is 16.2. The van der Waals surface area contributed by atoms with Crippen LogP contribution in [-0.4, -0.2) is 27.3 Å². The molecule has 3 aromatic heterocycles. The minimum Gasteiger partial charge on any atom is -0.494 e. The number of aromatic nitrogens is 3. The van der Waals surface area contributed by atoms with Crippen LogP contribution in [0.4, 0.5) is 5.13 Å². The van der Waals surface area contributed by atoms with Crippen LogP contribution in [0.1, 0.15) is 34.6 Å². The number of furan rings is 1. The number of hydrogen-bond donors (Lipinski definition) is 1. The average Bonchev–Trinajstić information content (AvgIpc) is 3.37. The van der Waals surface area contributed by atoms with E-state index in [2.05, 4.69) is 15.4 Å². The molecule has 0 fully saturated rings. The number of nitrogens with zero attached hydrogens (tertiary/aromatic N) is 3. The second-order valence-electron chi connectivity index (χ2n) is 6.44. The first kappa shape index (κ1) is 19.5. The lowest BCUT2D eigenvalue weighted by atomic mass is 10.3. The number of fused-ring (bicyclic) bond motifs is 1. The third-order valence-corrected chi connectivity index (χ3v) is 5.86. The molecule has 7 nitrogen and oxygen atoms in total. The molecular weight excluding hydrogens is 412 g/mol. The van der Waals surface area contributed by atoms with E-state index in [1.807, 2.05) is 39.0 Å². The minimum absolute atomic E-state index is 0.210.